The quantitative estimate of drug-likeness (QED) is 0.790. The minimum absolute atomic E-state index is 0.0486. The van der Waals surface area contributed by atoms with E-state index in [2.05, 4.69) is 0 Å². The van der Waals surface area contributed by atoms with E-state index >= 15 is 0 Å². The molecule has 0 bridgehead atoms. The fourth-order valence-electron chi connectivity index (χ4n) is 1.49. The first-order valence-corrected chi connectivity index (χ1v) is 4.87. The van der Waals surface area contributed by atoms with Gasteiger partial charge < -0.3 is 9.84 Å². The Labute approximate surface area is 95.4 Å². The maximum absolute atomic E-state index is 12.3. The Morgan fingerprint density at radius 3 is 2.76 bits per heavy atom. The molecular formula is C9H11F3N2O3. The molecule has 1 fully saturated rings. The number of nitrogens with zero attached hydrogens (tertiary/aromatic N) is 2. The molecule has 8 heteroatoms. The fourth-order valence-corrected chi connectivity index (χ4v) is 1.49. The molecule has 2 unspecified atom stereocenters. The van der Waals surface area contributed by atoms with E-state index in [1.54, 1.807) is 0 Å². The molecule has 2 atom stereocenters. The molecule has 5 nitrogen and oxygen atoms in total. The molecule has 0 saturated carbocycles. The van der Waals surface area contributed by atoms with Crippen LogP contribution in [0.5, 0.6) is 0 Å². The third-order valence-electron chi connectivity index (χ3n) is 2.42. The van der Waals surface area contributed by atoms with Crippen LogP contribution in [0.3, 0.4) is 0 Å². The molecule has 1 heterocycles. The van der Waals surface area contributed by atoms with Crippen LogP contribution in [0.25, 0.3) is 0 Å². The molecule has 0 amide bonds. The van der Waals surface area contributed by atoms with Crippen LogP contribution in [0.2, 0.25) is 0 Å². The van der Waals surface area contributed by atoms with Gasteiger partial charge in [0.05, 0.1) is 12.7 Å². The van der Waals surface area contributed by atoms with Gasteiger partial charge in [-0.15, -0.1) is 0 Å². The van der Waals surface area contributed by atoms with Gasteiger partial charge in [-0.25, -0.2) is 4.79 Å². The zero-order valence-electron chi connectivity index (χ0n) is 8.78. The van der Waals surface area contributed by atoms with Crippen LogP contribution < -0.4 is 0 Å². The lowest BCUT2D eigenvalue weighted by Crippen LogP contribution is -2.48. The molecule has 0 aromatic carbocycles. The molecule has 17 heavy (non-hydrogen) atoms. The van der Waals surface area contributed by atoms with Crippen LogP contribution in [-0.2, 0) is 9.53 Å². The Morgan fingerprint density at radius 2 is 2.29 bits per heavy atom. The predicted octanol–water partition coefficient (Wildman–Crippen LogP) is 0.474. The number of hydrogen-bond donors (Lipinski definition) is 1. The minimum Gasteiger partial charge on any atom is -0.479 e. The summed E-state index contributed by atoms with van der Waals surface area (Å²) in [6, 6.07) is 1.18. The maximum atomic E-state index is 12.3. The summed E-state index contributed by atoms with van der Waals surface area (Å²) in [5.41, 5.74) is 0. The van der Waals surface area contributed by atoms with Gasteiger partial charge in [-0.2, -0.15) is 18.4 Å². The second kappa shape index (κ2) is 5.33. The van der Waals surface area contributed by atoms with Gasteiger partial charge in [-0.05, 0) is 0 Å². The lowest BCUT2D eigenvalue weighted by Gasteiger charge is -2.32. The minimum atomic E-state index is -4.59. The number of carbonyl (C=O) groups is 1. The van der Waals surface area contributed by atoms with Gasteiger partial charge in [-0.3, -0.25) is 4.90 Å². The molecule has 0 aliphatic carbocycles. The summed E-state index contributed by atoms with van der Waals surface area (Å²) in [4.78, 5) is 11.9. The summed E-state index contributed by atoms with van der Waals surface area (Å²) in [7, 11) is 0. The number of ether oxygens (including phenoxy) is 1. The average molecular weight is 252 g/mol. The summed E-state index contributed by atoms with van der Waals surface area (Å²) in [5, 5.41) is 17.1. The van der Waals surface area contributed by atoms with Crippen molar-refractivity contribution in [2.45, 2.75) is 12.3 Å². The van der Waals surface area contributed by atoms with Crippen LogP contribution in [0.1, 0.15) is 0 Å². The fraction of sp³-hybridized carbons (Fsp3) is 0.778. The zero-order chi connectivity index (χ0) is 13.1. The van der Waals surface area contributed by atoms with Crippen molar-refractivity contribution in [2.75, 3.05) is 26.2 Å². The van der Waals surface area contributed by atoms with Crippen LogP contribution in [0.15, 0.2) is 0 Å². The number of hydrogen-bond acceptors (Lipinski definition) is 4. The summed E-state index contributed by atoms with van der Waals surface area (Å²) in [6.45, 7) is -0.415. The molecule has 0 radical (unpaired) electrons. The average Bonchev–Trinajstić information content (AvgIpc) is 2.24. The number of halogens is 3. The van der Waals surface area contributed by atoms with E-state index in [0.29, 0.717) is 0 Å². The van der Waals surface area contributed by atoms with Crippen molar-refractivity contribution in [1.29, 1.82) is 5.26 Å². The van der Waals surface area contributed by atoms with E-state index in [4.69, 9.17) is 15.1 Å². The number of alkyl halides is 3. The van der Waals surface area contributed by atoms with Gasteiger partial charge in [0.1, 0.15) is 0 Å². The molecule has 1 saturated heterocycles. The number of morpholine rings is 1. The first-order chi connectivity index (χ1) is 7.84. The van der Waals surface area contributed by atoms with E-state index in [1.807, 2.05) is 0 Å². The Bertz CT molecular complexity index is 326. The molecule has 0 aromatic heterocycles. The highest BCUT2D eigenvalue weighted by Crippen LogP contribution is 2.26. The van der Waals surface area contributed by atoms with Gasteiger partial charge in [0, 0.05) is 19.6 Å². The van der Waals surface area contributed by atoms with Crippen molar-refractivity contribution in [3.63, 3.8) is 0 Å². The van der Waals surface area contributed by atoms with Gasteiger partial charge >= 0.3 is 12.1 Å². The number of nitriles is 1. The summed E-state index contributed by atoms with van der Waals surface area (Å²) in [6.07, 6.45) is -5.72. The van der Waals surface area contributed by atoms with Gasteiger partial charge in [0.2, 0.25) is 0 Å². The normalized spacial score (nSPS) is 24.0. The van der Waals surface area contributed by atoms with Crippen molar-refractivity contribution < 1.29 is 27.8 Å². The van der Waals surface area contributed by atoms with Crippen molar-refractivity contribution in [3.05, 3.63) is 0 Å². The van der Waals surface area contributed by atoms with Crippen molar-refractivity contribution in [2.24, 2.45) is 5.92 Å². The van der Waals surface area contributed by atoms with Gasteiger partial charge in [0.25, 0.3) is 0 Å². The lowest BCUT2D eigenvalue weighted by molar-refractivity contribution is -0.170. The standard InChI is InChI=1S/C9H11F3N2O3/c10-9(11,12)6(3-13)4-14-1-2-17-7(5-14)8(15)16/h6-7H,1-2,4-5H2,(H,15,16). The van der Waals surface area contributed by atoms with Crippen LogP contribution in [-0.4, -0.2) is 54.5 Å². The predicted molar refractivity (Wildman–Crippen MR) is 49.0 cm³/mol. The molecule has 1 N–H and O–H groups in total. The van der Waals surface area contributed by atoms with Gasteiger partial charge in [0.15, 0.2) is 12.0 Å². The van der Waals surface area contributed by atoms with E-state index < -0.39 is 30.7 Å². The van der Waals surface area contributed by atoms with Crippen LogP contribution in [0.4, 0.5) is 13.2 Å². The molecule has 1 rings (SSSR count). The number of carboxylic acid groups (broad SMARTS) is 1. The molecule has 96 valence electrons. The van der Waals surface area contributed by atoms with E-state index in [9.17, 15) is 18.0 Å². The van der Waals surface area contributed by atoms with Crippen LogP contribution in [0, 0.1) is 17.2 Å². The summed E-state index contributed by atoms with van der Waals surface area (Å²) >= 11 is 0. The first-order valence-electron chi connectivity index (χ1n) is 4.87. The first kappa shape index (κ1) is 13.7. The summed E-state index contributed by atoms with van der Waals surface area (Å²) < 4.78 is 41.9. The number of rotatable bonds is 3. The monoisotopic (exact) mass is 252 g/mol. The number of aliphatic carboxylic acids is 1. The SMILES string of the molecule is N#CC(CN1CCOC(C(=O)O)C1)C(F)(F)F. The third kappa shape index (κ3) is 3.87. The Kier molecular flexibility index (Phi) is 4.31. The van der Waals surface area contributed by atoms with E-state index in [0.717, 1.165) is 0 Å². The van der Waals surface area contributed by atoms with Crippen LogP contribution >= 0.6 is 0 Å². The Morgan fingerprint density at radius 1 is 1.65 bits per heavy atom. The highest BCUT2D eigenvalue weighted by Gasteiger charge is 2.41. The molecular weight excluding hydrogens is 241 g/mol. The highest BCUT2D eigenvalue weighted by molar-refractivity contribution is 5.72. The highest BCUT2D eigenvalue weighted by atomic mass is 19.4. The number of carboxylic acids is 1. The topological polar surface area (TPSA) is 73.6 Å². The molecule has 1 aliphatic heterocycles. The Hall–Kier alpha value is -1.33. The smallest absolute Gasteiger partial charge is 0.405 e. The Balaban J connectivity index is 2.57. The maximum Gasteiger partial charge on any atom is 0.405 e. The molecule has 0 spiro atoms. The second-order valence-electron chi connectivity index (χ2n) is 3.68. The van der Waals surface area contributed by atoms with E-state index in [1.165, 1.54) is 11.0 Å². The van der Waals surface area contributed by atoms with Crippen molar-refractivity contribution in [1.82, 2.24) is 4.90 Å². The summed E-state index contributed by atoms with van der Waals surface area (Å²) in [5.74, 6) is -3.31. The molecule has 0 aromatic rings. The largest absolute Gasteiger partial charge is 0.479 e. The second-order valence-corrected chi connectivity index (χ2v) is 3.68. The lowest BCUT2D eigenvalue weighted by atomic mass is 10.1. The zero-order valence-corrected chi connectivity index (χ0v) is 8.78. The third-order valence-corrected chi connectivity index (χ3v) is 2.42. The van der Waals surface area contributed by atoms with E-state index in [-0.39, 0.29) is 19.7 Å². The van der Waals surface area contributed by atoms with Crippen molar-refractivity contribution >= 4 is 5.97 Å². The molecule has 1 aliphatic rings. The van der Waals surface area contributed by atoms with Crippen molar-refractivity contribution in [3.8, 4) is 6.07 Å². The van der Waals surface area contributed by atoms with Gasteiger partial charge in [-0.1, -0.05) is 0 Å².